The van der Waals surface area contributed by atoms with Gasteiger partial charge in [0.15, 0.2) is 0 Å². The lowest BCUT2D eigenvalue weighted by Gasteiger charge is -2.12. The molecule has 0 unspecified atom stereocenters. The van der Waals surface area contributed by atoms with Gasteiger partial charge in [0.1, 0.15) is 0 Å². The van der Waals surface area contributed by atoms with Crippen molar-refractivity contribution in [2.24, 2.45) is 0 Å². The topological polar surface area (TPSA) is 73.6 Å². The number of hydrogen-bond donors (Lipinski definition) is 1. The summed E-state index contributed by atoms with van der Waals surface area (Å²) in [6, 6.07) is 17.0. The molecule has 1 heterocycles. The first-order valence-corrected chi connectivity index (χ1v) is 10.2. The highest BCUT2D eigenvalue weighted by Gasteiger charge is 2.34. The second-order valence-electron chi connectivity index (χ2n) is 5.70. The molecule has 3 aromatic rings. The molecule has 0 atom stereocenters. The van der Waals surface area contributed by atoms with Gasteiger partial charge in [0, 0.05) is 31.4 Å². The second-order valence-corrected chi connectivity index (χ2v) is 8.29. The Labute approximate surface area is 163 Å². The van der Waals surface area contributed by atoms with Crippen molar-refractivity contribution in [3.05, 3.63) is 65.2 Å². The minimum absolute atomic E-state index is 0.116. The van der Waals surface area contributed by atoms with Crippen LogP contribution >= 0.6 is 19.2 Å². The van der Waals surface area contributed by atoms with E-state index in [0.717, 1.165) is 6.42 Å². The summed E-state index contributed by atoms with van der Waals surface area (Å²) in [5.74, 6) is 0.570. The second kappa shape index (κ2) is 8.72. The van der Waals surface area contributed by atoms with Crippen LogP contribution in [0.1, 0.15) is 5.56 Å². The van der Waals surface area contributed by atoms with E-state index in [0.29, 0.717) is 23.0 Å². The van der Waals surface area contributed by atoms with E-state index in [2.05, 4.69) is 10.3 Å². The summed E-state index contributed by atoms with van der Waals surface area (Å²) >= 11 is 5.93. The first-order valence-electron chi connectivity index (χ1n) is 8.32. The number of hydrogen-bond acceptors (Lipinski definition) is 6. The molecule has 0 fully saturated rings. The summed E-state index contributed by atoms with van der Waals surface area (Å²) in [5.41, 5.74) is 1.99. The zero-order valence-corrected chi connectivity index (χ0v) is 16.7. The number of rotatable bonds is 8. The first kappa shape index (κ1) is 19.6. The molecule has 2 aromatic carbocycles. The number of nitrogens with zero attached hydrogens (tertiary/aromatic N) is 1. The molecule has 0 aliphatic carbocycles. The maximum absolute atomic E-state index is 12.9. The van der Waals surface area contributed by atoms with Crippen molar-refractivity contribution in [3.63, 3.8) is 0 Å². The Morgan fingerprint density at radius 1 is 1.07 bits per heavy atom. The van der Waals surface area contributed by atoms with Gasteiger partial charge in [-0.15, -0.1) is 0 Å². The zero-order chi connectivity index (χ0) is 19.3. The number of aromatic nitrogens is 1. The summed E-state index contributed by atoms with van der Waals surface area (Å²) in [4.78, 5) is 4.36. The van der Waals surface area contributed by atoms with Gasteiger partial charge in [-0.3, -0.25) is 4.57 Å². The Bertz CT molecular complexity index is 921. The Morgan fingerprint density at radius 3 is 2.37 bits per heavy atom. The quantitative estimate of drug-likeness (QED) is 0.544. The summed E-state index contributed by atoms with van der Waals surface area (Å²) in [6.45, 7) is 0.569. The van der Waals surface area contributed by atoms with E-state index in [1.54, 1.807) is 24.3 Å². The summed E-state index contributed by atoms with van der Waals surface area (Å²) in [6.07, 6.45) is 0.765. The normalized spacial score (nSPS) is 11.5. The van der Waals surface area contributed by atoms with Crippen LogP contribution in [0.2, 0.25) is 5.02 Å². The van der Waals surface area contributed by atoms with Crippen molar-refractivity contribution >= 4 is 30.5 Å². The van der Waals surface area contributed by atoms with Crippen molar-refractivity contribution in [2.75, 3.05) is 26.1 Å². The molecule has 0 saturated carbocycles. The molecule has 3 rings (SSSR count). The third-order valence-corrected chi connectivity index (χ3v) is 6.02. The van der Waals surface area contributed by atoms with Gasteiger partial charge in [-0.05, 0) is 36.2 Å². The average molecular weight is 407 g/mol. The van der Waals surface area contributed by atoms with Crippen LogP contribution in [0.15, 0.2) is 59.0 Å². The van der Waals surface area contributed by atoms with Gasteiger partial charge in [0.05, 0.1) is 0 Å². The van der Waals surface area contributed by atoms with E-state index >= 15 is 0 Å². The summed E-state index contributed by atoms with van der Waals surface area (Å²) in [7, 11) is -0.958. The lowest BCUT2D eigenvalue weighted by molar-refractivity contribution is 0.286. The molecule has 0 amide bonds. The standard InChI is InChI=1S/C19H20ClN2O4P/c1-24-27(23,25-2)19-18(21-13-12-14-6-4-3-5-7-14)26-17(22-19)15-8-10-16(20)11-9-15/h3-11,21H,12-13H2,1-2H3. The van der Waals surface area contributed by atoms with E-state index in [9.17, 15) is 4.57 Å². The van der Waals surface area contributed by atoms with Crippen molar-refractivity contribution < 1.29 is 18.0 Å². The van der Waals surface area contributed by atoms with Crippen LogP contribution in [-0.2, 0) is 20.0 Å². The predicted octanol–water partition coefficient (Wildman–Crippen LogP) is 4.76. The first-order chi connectivity index (χ1) is 13.1. The SMILES string of the molecule is COP(=O)(OC)c1nc(-c2ccc(Cl)cc2)oc1NCCc1ccccc1. The number of nitrogens with one attached hydrogen (secondary N) is 1. The molecule has 0 saturated heterocycles. The Hall–Kier alpha value is -2.11. The molecule has 1 N–H and O–H groups in total. The van der Waals surface area contributed by atoms with Crippen LogP contribution in [0.5, 0.6) is 0 Å². The maximum Gasteiger partial charge on any atom is 0.384 e. The molecular weight excluding hydrogens is 387 g/mol. The number of halogens is 1. The van der Waals surface area contributed by atoms with Crippen molar-refractivity contribution in [1.29, 1.82) is 0 Å². The molecule has 0 aliphatic heterocycles. The van der Waals surface area contributed by atoms with Crippen LogP contribution < -0.4 is 10.8 Å². The Balaban J connectivity index is 1.88. The highest BCUT2D eigenvalue weighted by atomic mass is 35.5. The molecule has 0 radical (unpaired) electrons. The fraction of sp³-hybridized carbons (Fsp3) is 0.211. The van der Waals surface area contributed by atoms with Crippen molar-refractivity contribution in [2.45, 2.75) is 6.42 Å². The van der Waals surface area contributed by atoms with E-state index in [1.165, 1.54) is 19.8 Å². The average Bonchev–Trinajstić information content (AvgIpc) is 3.13. The molecule has 0 bridgehead atoms. The number of benzene rings is 2. The molecule has 1 aromatic heterocycles. The molecule has 0 spiro atoms. The third kappa shape index (κ3) is 4.60. The highest BCUT2D eigenvalue weighted by Crippen LogP contribution is 2.47. The minimum atomic E-state index is -3.59. The molecule has 6 nitrogen and oxygen atoms in total. The third-order valence-electron chi connectivity index (χ3n) is 3.98. The lowest BCUT2D eigenvalue weighted by atomic mass is 10.1. The molecule has 27 heavy (non-hydrogen) atoms. The van der Waals surface area contributed by atoms with Crippen LogP contribution in [0.25, 0.3) is 11.5 Å². The van der Waals surface area contributed by atoms with Gasteiger partial charge in [-0.25, -0.2) is 0 Å². The summed E-state index contributed by atoms with van der Waals surface area (Å²) < 4.78 is 28.9. The Kier molecular flexibility index (Phi) is 6.34. The largest absolute Gasteiger partial charge is 0.420 e. The fourth-order valence-electron chi connectivity index (χ4n) is 2.54. The van der Waals surface area contributed by atoms with Crippen molar-refractivity contribution in [1.82, 2.24) is 4.98 Å². The van der Waals surface area contributed by atoms with E-state index in [4.69, 9.17) is 25.1 Å². The van der Waals surface area contributed by atoms with Crippen LogP contribution in [-0.4, -0.2) is 25.7 Å². The number of anilines is 1. The predicted molar refractivity (Wildman–Crippen MR) is 107 cm³/mol. The van der Waals surface area contributed by atoms with Crippen molar-refractivity contribution in [3.8, 4) is 11.5 Å². The van der Waals surface area contributed by atoms with E-state index in [1.807, 2.05) is 30.3 Å². The smallest absolute Gasteiger partial charge is 0.384 e. The Morgan fingerprint density at radius 2 is 1.74 bits per heavy atom. The maximum atomic E-state index is 12.9. The van der Waals surface area contributed by atoms with Gasteiger partial charge in [0.25, 0.3) is 0 Å². The van der Waals surface area contributed by atoms with Gasteiger partial charge >= 0.3 is 7.60 Å². The van der Waals surface area contributed by atoms with E-state index < -0.39 is 7.60 Å². The minimum Gasteiger partial charge on any atom is -0.420 e. The van der Waals surface area contributed by atoms with Gasteiger partial charge < -0.3 is 18.8 Å². The molecule has 142 valence electrons. The van der Waals surface area contributed by atoms with E-state index in [-0.39, 0.29) is 11.3 Å². The van der Waals surface area contributed by atoms with Crippen LogP contribution in [0.4, 0.5) is 5.88 Å². The molecular formula is C19H20ClN2O4P. The molecule has 8 heteroatoms. The monoisotopic (exact) mass is 406 g/mol. The van der Waals surface area contributed by atoms with Gasteiger partial charge in [-0.2, -0.15) is 4.98 Å². The number of oxazole rings is 1. The van der Waals surface area contributed by atoms with Crippen LogP contribution in [0.3, 0.4) is 0 Å². The van der Waals surface area contributed by atoms with Gasteiger partial charge in [-0.1, -0.05) is 41.9 Å². The fourth-order valence-corrected chi connectivity index (χ4v) is 3.75. The van der Waals surface area contributed by atoms with Gasteiger partial charge in [0.2, 0.25) is 17.2 Å². The zero-order valence-electron chi connectivity index (χ0n) is 15.0. The highest BCUT2D eigenvalue weighted by molar-refractivity contribution is 7.62. The summed E-state index contributed by atoms with van der Waals surface area (Å²) in [5, 5.41) is 3.75. The lowest BCUT2D eigenvalue weighted by Crippen LogP contribution is -2.16. The molecule has 0 aliphatic rings. The van der Waals surface area contributed by atoms with Crippen LogP contribution in [0, 0.1) is 0 Å².